The summed E-state index contributed by atoms with van der Waals surface area (Å²) in [7, 11) is 0. The molecule has 0 bridgehead atoms. The summed E-state index contributed by atoms with van der Waals surface area (Å²) in [5.41, 5.74) is 0.757. The molecule has 1 N–H and O–H groups in total. The van der Waals surface area contributed by atoms with Crippen LogP contribution in [0, 0.1) is 5.82 Å². The molecule has 2 aromatic carbocycles. The second-order valence-corrected chi connectivity index (χ2v) is 5.47. The minimum atomic E-state index is -0.239. The minimum absolute atomic E-state index is 0.0843. The summed E-state index contributed by atoms with van der Waals surface area (Å²) in [6.07, 6.45) is 0. The fraction of sp³-hybridized carbons (Fsp3) is 0.0714. The lowest BCUT2D eigenvalue weighted by Crippen LogP contribution is -2.11. The zero-order valence-corrected chi connectivity index (χ0v) is 12.3. The van der Waals surface area contributed by atoms with Crippen molar-refractivity contribution in [2.24, 2.45) is 0 Å². The summed E-state index contributed by atoms with van der Waals surface area (Å²) in [6, 6.07) is 13.9. The summed E-state index contributed by atoms with van der Waals surface area (Å²) >= 11 is 4.63. The molecule has 0 spiro atoms. The van der Waals surface area contributed by atoms with Crippen molar-refractivity contribution in [3.05, 3.63) is 54.3 Å². The average Bonchev–Trinajstić information content (AvgIpc) is 2.43. The Kier molecular flexibility index (Phi) is 4.99. The normalized spacial score (nSPS) is 10.2. The van der Waals surface area contributed by atoms with Crippen LogP contribution in [-0.4, -0.2) is 11.2 Å². The highest BCUT2D eigenvalue weighted by atomic mass is 79.9. The van der Waals surface area contributed by atoms with Gasteiger partial charge in [-0.1, -0.05) is 27.7 Å². The number of carbonyl (C=O) groups is 1. The van der Waals surface area contributed by atoms with E-state index >= 15 is 0 Å². The van der Waals surface area contributed by atoms with Crippen LogP contribution in [0.1, 0.15) is 0 Å². The molecular formula is C14H11BrFNOS. The van der Waals surface area contributed by atoms with E-state index in [-0.39, 0.29) is 17.1 Å². The first-order valence-corrected chi connectivity index (χ1v) is 7.50. The number of hydrogen-bond donors (Lipinski definition) is 1. The minimum Gasteiger partial charge on any atom is -0.325 e. The molecule has 0 aliphatic carbocycles. The Morgan fingerprint density at radius 1 is 1.05 bits per heavy atom. The van der Waals surface area contributed by atoms with Crippen LogP contribution < -0.4 is 5.32 Å². The maximum Gasteiger partial charge on any atom is 0.235 e. The molecule has 0 saturated carbocycles. The van der Waals surface area contributed by atoms with Gasteiger partial charge in [0.25, 0.3) is 0 Å². The monoisotopic (exact) mass is 339 g/mol. The van der Waals surface area contributed by atoms with E-state index < -0.39 is 0 Å². The van der Waals surface area contributed by atoms with Crippen LogP contribution in [0.4, 0.5) is 10.1 Å². The molecule has 5 heteroatoms. The molecule has 0 aliphatic heterocycles. The number of nitrogens with one attached hydrogen (secondary N) is 1. The van der Waals surface area contributed by atoms with Gasteiger partial charge in [0.15, 0.2) is 0 Å². The van der Waals surface area contributed by atoms with Gasteiger partial charge in [0.2, 0.25) is 5.91 Å². The van der Waals surface area contributed by atoms with Gasteiger partial charge >= 0.3 is 0 Å². The van der Waals surface area contributed by atoms with Crippen molar-refractivity contribution in [1.29, 1.82) is 0 Å². The largest absolute Gasteiger partial charge is 0.325 e. The van der Waals surface area contributed by atoms with Gasteiger partial charge in [-0.25, -0.2) is 4.39 Å². The van der Waals surface area contributed by atoms with Gasteiger partial charge in [-0.05, 0) is 48.5 Å². The van der Waals surface area contributed by atoms with E-state index in [0.717, 1.165) is 15.5 Å². The Hall–Kier alpha value is -1.33. The van der Waals surface area contributed by atoms with E-state index in [2.05, 4.69) is 21.2 Å². The molecule has 19 heavy (non-hydrogen) atoms. The molecule has 0 atom stereocenters. The number of hydrogen-bond acceptors (Lipinski definition) is 2. The predicted molar refractivity (Wildman–Crippen MR) is 79.4 cm³/mol. The standard InChI is InChI=1S/C14H11BrFNOS/c15-9-14(18)17-11-3-7-13(8-4-11)19-12-5-1-10(16)2-6-12/h1-8H,9H2,(H,17,18). The summed E-state index contributed by atoms with van der Waals surface area (Å²) < 4.78 is 12.8. The van der Waals surface area contributed by atoms with Crippen molar-refractivity contribution in [2.75, 3.05) is 10.6 Å². The van der Waals surface area contributed by atoms with Crippen LogP contribution in [-0.2, 0) is 4.79 Å². The second-order valence-electron chi connectivity index (χ2n) is 3.76. The fourth-order valence-electron chi connectivity index (χ4n) is 1.44. The molecular weight excluding hydrogens is 329 g/mol. The van der Waals surface area contributed by atoms with Crippen molar-refractivity contribution >= 4 is 39.3 Å². The van der Waals surface area contributed by atoms with Crippen molar-refractivity contribution in [3.63, 3.8) is 0 Å². The molecule has 98 valence electrons. The van der Waals surface area contributed by atoms with Crippen LogP contribution in [0.15, 0.2) is 58.3 Å². The summed E-state index contributed by atoms with van der Waals surface area (Å²) in [4.78, 5) is 13.2. The van der Waals surface area contributed by atoms with Crippen LogP contribution in [0.3, 0.4) is 0 Å². The maximum atomic E-state index is 12.8. The maximum absolute atomic E-state index is 12.8. The first-order valence-electron chi connectivity index (χ1n) is 5.56. The third kappa shape index (κ3) is 4.36. The highest BCUT2D eigenvalue weighted by Crippen LogP contribution is 2.28. The number of anilines is 1. The zero-order chi connectivity index (χ0) is 13.7. The molecule has 2 nitrogen and oxygen atoms in total. The lowest BCUT2D eigenvalue weighted by Gasteiger charge is -2.05. The highest BCUT2D eigenvalue weighted by Gasteiger charge is 2.01. The van der Waals surface area contributed by atoms with Crippen molar-refractivity contribution in [3.8, 4) is 0 Å². The van der Waals surface area contributed by atoms with Gasteiger partial charge in [-0.2, -0.15) is 0 Å². The molecule has 0 radical (unpaired) electrons. The third-order valence-electron chi connectivity index (χ3n) is 2.31. The number of rotatable bonds is 4. The molecule has 0 unspecified atom stereocenters. The molecule has 0 aromatic heterocycles. The van der Waals surface area contributed by atoms with Crippen LogP contribution in [0.25, 0.3) is 0 Å². The lowest BCUT2D eigenvalue weighted by atomic mass is 10.3. The third-order valence-corrected chi connectivity index (χ3v) is 3.83. The van der Waals surface area contributed by atoms with Gasteiger partial charge in [-0.3, -0.25) is 4.79 Å². The van der Waals surface area contributed by atoms with Gasteiger partial charge in [0.05, 0.1) is 5.33 Å². The van der Waals surface area contributed by atoms with Crippen molar-refractivity contribution < 1.29 is 9.18 Å². The fourth-order valence-corrected chi connectivity index (χ4v) is 2.40. The second kappa shape index (κ2) is 6.73. The van der Waals surface area contributed by atoms with Crippen LogP contribution in [0.2, 0.25) is 0 Å². The molecule has 0 saturated heterocycles. The molecule has 2 aromatic rings. The Bertz CT molecular complexity index is 557. The van der Waals surface area contributed by atoms with Crippen LogP contribution >= 0.6 is 27.7 Å². The Morgan fingerprint density at radius 3 is 2.11 bits per heavy atom. The van der Waals surface area contributed by atoms with Gasteiger partial charge in [-0.15, -0.1) is 0 Å². The highest BCUT2D eigenvalue weighted by molar-refractivity contribution is 9.09. The quantitative estimate of drug-likeness (QED) is 0.841. The van der Waals surface area contributed by atoms with Crippen LogP contribution in [0.5, 0.6) is 0 Å². The number of benzene rings is 2. The lowest BCUT2D eigenvalue weighted by molar-refractivity contribution is -0.113. The Labute approximate surface area is 123 Å². The SMILES string of the molecule is O=C(CBr)Nc1ccc(Sc2ccc(F)cc2)cc1. The van der Waals surface area contributed by atoms with Gasteiger partial charge in [0.1, 0.15) is 5.82 Å². The average molecular weight is 340 g/mol. The Balaban J connectivity index is 2.02. The molecule has 0 heterocycles. The predicted octanol–water partition coefficient (Wildman–Crippen LogP) is 4.31. The first kappa shape index (κ1) is 14.1. The van der Waals surface area contributed by atoms with Gasteiger partial charge in [0, 0.05) is 15.5 Å². The topological polar surface area (TPSA) is 29.1 Å². The molecule has 0 aliphatic rings. The smallest absolute Gasteiger partial charge is 0.235 e. The van der Waals surface area contributed by atoms with Gasteiger partial charge < -0.3 is 5.32 Å². The number of alkyl halides is 1. The summed E-state index contributed by atoms with van der Waals surface area (Å²) in [6.45, 7) is 0. The van der Waals surface area contributed by atoms with E-state index in [1.807, 2.05) is 24.3 Å². The number of halogens is 2. The number of amides is 1. The Morgan fingerprint density at radius 2 is 1.58 bits per heavy atom. The van der Waals surface area contributed by atoms with E-state index in [0.29, 0.717) is 0 Å². The molecule has 0 fully saturated rings. The summed E-state index contributed by atoms with van der Waals surface area (Å²) in [5.74, 6) is -0.323. The van der Waals surface area contributed by atoms with E-state index in [9.17, 15) is 9.18 Å². The van der Waals surface area contributed by atoms with E-state index in [1.165, 1.54) is 12.1 Å². The van der Waals surface area contributed by atoms with E-state index in [1.54, 1.807) is 23.9 Å². The van der Waals surface area contributed by atoms with Crippen molar-refractivity contribution in [2.45, 2.75) is 9.79 Å². The summed E-state index contributed by atoms with van der Waals surface area (Å²) in [5, 5.41) is 3.02. The van der Waals surface area contributed by atoms with Crippen molar-refractivity contribution in [1.82, 2.24) is 0 Å². The number of carbonyl (C=O) groups excluding carboxylic acids is 1. The zero-order valence-electron chi connectivity index (χ0n) is 9.90. The molecule has 1 amide bonds. The first-order chi connectivity index (χ1) is 9.17. The van der Waals surface area contributed by atoms with E-state index in [4.69, 9.17) is 0 Å². The molecule has 2 rings (SSSR count).